The van der Waals surface area contributed by atoms with E-state index in [4.69, 9.17) is 0 Å². The fourth-order valence-corrected chi connectivity index (χ4v) is 2.58. The van der Waals surface area contributed by atoms with Crippen LogP contribution in [0.5, 0.6) is 0 Å². The number of nitrogens with zero attached hydrogens (tertiary/aromatic N) is 2. The predicted octanol–water partition coefficient (Wildman–Crippen LogP) is 4.77. The molecule has 0 saturated heterocycles. The largest absolute Gasteiger partial charge is 0.341 e. The summed E-state index contributed by atoms with van der Waals surface area (Å²) >= 11 is 0. The van der Waals surface area contributed by atoms with Crippen LogP contribution in [-0.2, 0) is 0 Å². The number of para-hydroxylation sites is 1. The normalized spacial score (nSPS) is 10.4. The molecule has 3 rings (SSSR count). The van der Waals surface area contributed by atoms with E-state index in [0.29, 0.717) is 6.07 Å². The summed E-state index contributed by atoms with van der Waals surface area (Å²) in [7, 11) is 0. The van der Waals surface area contributed by atoms with Crippen LogP contribution in [0.1, 0.15) is 17.4 Å². The highest BCUT2D eigenvalue weighted by atomic mass is 19.1. The number of nitrogens with one attached hydrogen (secondary N) is 1. The van der Waals surface area contributed by atoms with E-state index in [-0.39, 0.29) is 11.4 Å². The van der Waals surface area contributed by atoms with Gasteiger partial charge in [0.15, 0.2) is 0 Å². The minimum Gasteiger partial charge on any atom is -0.341 e. The maximum Gasteiger partial charge on any atom is 0.274 e. The lowest BCUT2D eigenvalue weighted by Crippen LogP contribution is -2.18. The maximum absolute atomic E-state index is 13.6. The van der Waals surface area contributed by atoms with Crippen molar-refractivity contribution in [3.63, 3.8) is 0 Å². The second-order valence-corrected chi connectivity index (χ2v) is 5.56. The molecule has 1 amide bonds. The number of carbonyl (C=O) groups is 1. The van der Waals surface area contributed by atoms with Crippen molar-refractivity contribution in [1.82, 2.24) is 4.98 Å². The Kier molecular flexibility index (Phi) is 5.22. The fraction of sp³-hybridized carbons (Fsp3) is 0.100. The summed E-state index contributed by atoms with van der Waals surface area (Å²) in [5.41, 5.74) is 1.90. The first-order valence-electron chi connectivity index (χ1n) is 8.13. The van der Waals surface area contributed by atoms with Gasteiger partial charge in [-0.1, -0.05) is 18.2 Å². The van der Waals surface area contributed by atoms with Crippen molar-refractivity contribution in [1.29, 1.82) is 0 Å². The fourth-order valence-electron chi connectivity index (χ4n) is 2.58. The molecule has 2 aromatic carbocycles. The zero-order chi connectivity index (χ0) is 18.5. The van der Waals surface area contributed by atoms with Gasteiger partial charge in [0.1, 0.15) is 17.3 Å². The van der Waals surface area contributed by atoms with E-state index in [1.807, 2.05) is 42.2 Å². The van der Waals surface area contributed by atoms with Crippen molar-refractivity contribution in [2.24, 2.45) is 0 Å². The maximum atomic E-state index is 13.6. The molecule has 0 fully saturated rings. The van der Waals surface area contributed by atoms with Gasteiger partial charge >= 0.3 is 0 Å². The quantitative estimate of drug-likeness (QED) is 0.719. The van der Waals surface area contributed by atoms with Gasteiger partial charge in [0.05, 0.1) is 17.6 Å². The van der Waals surface area contributed by atoms with Gasteiger partial charge in [0.25, 0.3) is 5.91 Å². The van der Waals surface area contributed by atoms with Crippen molar-refractivity contribution in [2.75, 3.05) is 16.8 Å². The van der Waals surface area contributed by atoms with Crippen LogP contribution < -0.4 is 10.2 Å². The minimum absolute atomic E-state index is 0.0956. The lowest BCUT2D eigenvalue weighted by molar-refractivity contribution is 0.102. The Balaban J connectivity index is 1.77. The number of aromatic nitrogens is 1. The van der Waals surface area contributed by atoms with Crippen molar-refractivity contribution < 1.29 is 13.6 Å². The van der Waals surface area contributed by atoms with Crippen LogP contribution in [0.15, 0.2) is 66.9 Å². The molecule has 0 radical (unpaired) electrons. The average molecular weight is 353 g/mol. The summed E-state index contributed by atoms with van der Waals surface area (Å²) in [5.74, 6) is -2.11. The van der Waals surface area contributed by atoms with Crippen LogP contribution in [0.3, 0.4) is 0 Å². The summed E-state index contributed by atoms with van der Waals surface area (Å²) in [6.07, 6.45) is 1.59. The van der Waals surface area contributed by atoms with E-state index in [1.54, 1.807) is 18.3 Å². The molecule has 0 saturated carbocycles. The molecule has 0 spiro atoms. The molecule has 1 aromatic heterocycles. The van der Waals surface area contributed by atoms with Gasteiger partial charge in [0, 0.05) is 18.3 Å². The molecule has 0 aliphatic heterocycles. The smallest absolute Gasteiger partial charge is 0.274 e. The van der Waals surface area contributed by atoms with Crippen molar-refractivity contribution in [3.05, 3.63) is 84.2 Å². The lowest BCUT2D eigenvalue weighted by atomic mass is 10.2. The number of anilines is 3. The Morgan fingerprint density at radius 1 is 1.04 bits per heavy atom. The molecule has 0 aliphatic rings. The zero-order valence-electron chi connectivity index (χ0n) is 14.1. The van der Waals surface area contributed by atoms with Crippen molar-refractivity contribution in [3.8, 4) is 0 Å². The van der Waals surface area contributed by atoms with Gasteiger partial charge in [-0.25, -0.2) is 13.8 Å². The van der Waals surface area contributed by atoms with Gasteiger partial charge in [-0.05, 0) is 43.3 Å². The van der Waals surface area contributed by atoms with Gasteiger partial charge < -0.3 is 10.2 Å². The number of halogens is 2. The number of carbonyl (C=O) groups excluding carboxylic acids is 1. The summed E-state index contributed by atoms with van der Waals surface area (Å²) in [4.78, 5) is 18.4. The minimum atomic E-state index is -0.837. The summed E-state index contributed by atoms with van der Waals surface area (Å²) < 4.78 is 26.6. The van der Waals surface area contributed by atoms with Gasteiger partial charge in [0.2, 0.25) is 0 Å². The first-order chi connectivity index (χ1) is 12.6. The topological polar surface area (TPSA) is 45.2 Å². The van der Waals surface area contributed by atoms with Crippen LogP contribution >= 0.6 is 0 Å². The van der Waals surface area contributed by atoms with E-state index in [1.165, 1.54) is 6.07 Å². The molecular weight excluding hydrogens is 336 g/mol. The summed E-state index contributed by atoms with van der Waals surface area (Å²) in [5, 5.41) is 2.39. The summed E-state index contributed by atoms with van der Waals surface area (Å²) in [6.45, 7) is 2.75. The molecule has 1 heterocycles. The standard InChI is InChI=1S/C20H17F2N3O/c1-2-25(15-6-4-3-5-7-15)16-9-11-19(23-13-16)20(26)24-18-10-8-14(21)12-17(18)22/h3-13H,2H2,1H3,(H,24,26). The molecule has 1 N–H and O–H groups in total. The van der Waals surface area contributed by atoms with Crippen LogP contribution in [-0.4, -0.2) is 17.4 Å². The molecule has 0 atom stereocenters. The highest BCUT2D eigenvalue weighted by molar-refractivity contribution is 6.03. The van der Waals surface area contributed by atoms with E-state index >= 15 is 0 Å². The van der Waals surface area contributed by atoms with Gasteiger partial charge in [-0.2, -0.15) is 0 Å². The van der Waals surface area contributed by atoms with Crippen LogP contribution in [0, 0.1) is 11.6 Å². The molecular formula is C20H17F2N3O. The van der Waals surface area contributed by atoms with Crippen molar-refractivity contribution in [2.45, 2.75) is 6.92 Å². The zero-order valence-corrected chi connectivity index (χ0v) is 14.1. The van der Waals surface area contributed by atoms with Crippen LogP contribution in [0.4, 0.5) is 25.8 Å². The number of amides is 1. The molecule has 6 heteroatoms. The van der Waals surface area contributed by atoms with Crippen LogP contribution in [0.25, 0.3) is 0 Å². The molecule has 3 aromatic rings. The number of benzene rings is 2. The second kappa shape index (κ2) is 7.74. The molecule has 26 heavy (non-hydrogen) atoms. The number of hydrogen-bond acceptors (Lipinski definition) is 3. The second-order valence-electron chi connectivity index (χ2n) is 5.56. The third kappa shape index (κ3) is 3.85. The molecule has 4 nitrogen and oxygen atoms in total. The lowest BCUT2D eigenvalue weighted by Gasteiger charge is -2.22. The van der Waals surface area contributed by atoms with Gasteiger partial charge in [-0.3, -0.25) is 4.79 Å². The Labute approximate surface area is 150 Å². The van der Waals surface area contributed by atoms with E-state index in [9.17, 15) is 13.6 Å². The third-order valence-electron chi connectivity index (χ3n) is 3.86. The third-order valence-corrected chi connectivity index (χ3v) is 3.86. The van der Waals surface area contributed by atoms with Gasteiger partial charge in [-0.15, -0.1) is 0 Å². The van der Waals surface area contributed by atoms with Crippen molar-refractivity contribution >= 4 is 23.0 Å². The molecule has 132 valence electrons. The first-order valence-corrected chi connectivity index (χ1v) is 8.13. The number of pyridine rings is 1. The average Bonchev–Trinajstić information content (AvgIpc) is 2.66. The highest BCUT2D eigenvalue weighted by Crippen LogP contribution is 2.24. The molecule has 0 bridgehead atoms. The number of hydrogen-bond donors (Lipinski definition) is 1. The summed E-state index contributed by atoms with van der Waals surface area (Å²) in [6, 6.07) is 16.1. The predicted molar refractivity (Wildman–Crippen MR) is 97.7 cm³/mol. The first kappa shape index (κ1) is 17.5. The Bertz CT molecular complexity index is 899. The van der Waals surface area contributed by atoms with E-state index in [0.717, 1.165) is 24.0 Å². The monoisotopic (exact) mass is 353 g/mol. The van der Waals surface area contributed by atoms with Crippen LogP contribution in [0.2, 0.25) is 0 Å². The van der Waals surface area contributed by atoms with E-state index in [2.05, 4.69) is 10.3 Å². The number of rotatable bonds is 5. The molecule has 0 unspecified atom stereocenters. The Hall–Kier alpha value is -3.28. The Morgan fingerprint density at radius 2 is 1.81 bits per heavy atom. The Morgan fingerprint density at radius 3 is 2.42 bits per heavy atom. The SMILES string of the molecule is CCN(c1ccccc1)c1ccc(C(=O)Nc2ccc(F)cc2F)nc1. The molecule has 0 aliphatic carbocycles. The highest BCUT2D eigenvalue weighted by Gasteiger charge is 2.13. The van der Waals surface area contributed by atoms with E-state index < -0.39 is 17.5 Å².